The summed E-state index contributed by atoms with van der Waals surface area (Å²) in [5.74, 6) is -0.982. The van der Waals surface area contributed by atoms with E-state index in [-0.39, 0.29) is 0 Å². The molecular weight excluding hydrogens is 242 g/mol. The number of carboxylic acid groups (broad SMARTS) is 1. The molecule has 0 amide bonds. The van der Waals surface area contributed by atoms with Crippen molar-refractivity contribution in [1.82, 2.24) is 0 Å². The lowest BCUT2D eigenvalue weighted by molar-refractivity contribution is -0.131. The van der Waals surface area contributed by atoms with Gasteiger partial charge in [0.05, 0.1) is 6.10 Å². The number of aliphatic hydroxyl groups is 1. The minimum Gasteiger partial charge on any atom is -0.478 e. The number of hydrogen-bond donors (Lipinski definition) is 2. The van der Waals surface area contributed by atoms with Gasteiger partial charge in [0.25, 0.3) is 0 Å². The maximum absolute atomic E-state index is 10.2. The second kappa shape index (κ2) is 7.38. The number of carbonyl (C=O) groups is 1. The highest BCUT2D eigenvalue weighted by Gasteiger charge is 2.05. The van der Waals surface area contributed by atoms with Gasteiger partial charge < -0.3 is 15.1 Å². The molecule has 0 heterocycles. The van der Waals surface area contributed by atoms with Gasteiger partial charge >= 0.3 is 5.97 Å². The number of aliphatic carboxylic acids is 1. The van der Waals surface area contributed by atoms with Crippen molar-refractivity contribution in [3.8, 4) is 0 Å². The van der Waals surface area contributed by atoms with Crippen molar-refractivity contribution >= 4 is 11.7 Å². The van der Waals surface area contributed by atoms with Gasteiger partial charge in [-0.15, -0.1) is 0 Å². The molecule has 0 saturated carbocycles. The van der Waals surface area contributed by atoms with E-state index in [0.29, 0.717) is 6.42 Å². The van der Waals surface area contributed by atoms with Crippen LogP contribution in [0.4, 0.5) is 5.69 Å². The van der Waals surface area contributed by atoms with Crippen LogP contribution in [0.25, 0.3) is 0 Å². The number of benzene rings is 1. The fourth-order valence-electron chi connectivity index (χ4n) is 1.55. The zero-order valence-corrected chi connectivity index (χ0v) is 11.2. The van der Waals surface area contributed by atoms with Crippen molar-refractivity contribution in [3.05, 3.63) is 54.1 Å². The fraction of sp³-hybridized carbons (Fsp3) is 0.267. The normalized spacial score (nSPS) is 13.0. The quantitative estimate of drug-likeness (QED) is 0.609. The lowest BCUT2D eigenvalue weighted by Gasteiger charge is -2.14. The van der Waals surface area contributed by atoms with Crippen molar-refractivity contribution in [2.75, 3.05) is 19.0 Å². The third-order valence-corrected chi connectivity index (χ3v) is 2.64. The van der Waals surface area contributed by atoms with E-state index in [1.165, 1.54) is 6.08 Å². The molecule has 1 atom stereocenters. The van der Waals surface area contributed by atoms with Crippen LogP contribution >= 0.6 is 0 Å². The molecule has 102 valence electrons. The van der Waals surface area contributed by atoms with Crippen LogP contribution < -0.4 is 4.90 Å². The first-order valence-corrected chi connectivity index (χ1v) is 6.02. The Labute approximate surface area is 113 Å². The Morgan fingerprint density at radius 2 is 1.89 bits per heavy atom. The van der Waals surface area contributed by atoms with E-state index < -0.39 is 12.1 Å². The molecule has 0 radical (unpaired) electrons. The molecule has 0 aromatic heterocycles. The van der Waals surface area contributed by atoms with Crippen LogP contribution in [0.2, 0.25) is 0 Å². The van der Waals surface area contributed by atoms with E-state index in [9.17, 15) is 9.90 Å². The summed E-state index contributed by atoms with van der Waals surface area (Å²) in [6.45, 7) is 0. The second-order valence-corrected chi connectivity index (χ2v) is 4.36. The molecular formula is C15H19NO3. The molecule has 4 heteroatoms. The van der Waals surface area contributed by atoms with Crippen molar-refractivity contribution in [1.29, 1.82) is 0 Å². The number of aliphatic hydroxyl groups excluding tert-OH is 1. The van der Waals surface area contributed by atoms with Gasteiger partial charge in [0.1, 0.15) is 0 Å². The average molecular weight is 261 g/mol. The second-order valence-electron chi connectivity index (χ2n) is 4.36. The Morgan fingerprint density at radius 3 is 2.42 bits per heavy atom. The largest absolute Gasteiger partial charge is 0.478 e. The number of carboxylic acids is 1. The topological polar surface area (TPSA) is 60.8 Å². The number of hydrogen-bond acceptors (Lipinski definition) is 3. The minimum absolute atomic E-state index is 0.450. The monoisotopic (exact) mass is 261 g/mol. The Bertz CT molecular complexity index is 461. The lowest BCUT2D eigenvalue weighted by atomic mass is 10.1. The Morgan fingerprint density at radius 1 is 1.26 bits per heavy atom. The first-order chi connectivity index (χ1) is 9.00. The molecule has 19 heavy (non-hydrogen) atoms. The van der Waals surface area contributed by atoms with Gasteiger partial charge in [-0.2, -0.15) is 0 Å². The highest BCUT2D eigenvalue weighted by atomic mass is 16.4. The average Bonchev–Trinajstić information content (AvgIpc) is 2.37. The number of rotatable bonds is 6. The van der Waals surface area contributed by atoms with Crippen molar-refractivity contribution in [2.45, 2.75) is 12.5 Å². The number of nitrogens with zero attached hydrogens (tertiary/aromatic N) is 1. The molecule has 0 saturated heterocycles. The summed E-state index contributed by atoms with van der Waals surface area (Å²) in [5, 5.41) is 18.3. The fourth-order valence-corrected chi connectivity index (χ4v) is 1.55. The highest BCUT2D eigenvalue weighted by molar-refractivity contribution is 5.80. The summed E-state index contributed by atoms with van der Waals surface area (Å²) in [6.07, 6.45) is 5.71. The van der Waals surface area contributed by atoms with Crippen molar-refractivity contribution in [2.24, 2.45) is 0 Å². The van der Waals surface area contributed by atoms with Gasteiger partial charge in [0.15, 0.2) is 0 Å². The van der Waals surface area contributed by atoms with Crippen molar-refractivity contribution < 1.29 is 15.0 Å². The number of anilines is 1. The molecule has 0 aliphatic rings. The summed E-state index contributed by atoms with van der Waals surface area (Å²) >= 11 is 0. The van der Waals surface area contributed by atoms with E-state index in [2.05, 4.69) is 0 Å². The Hall–Kier alpha value is -2.07. The summed E-state index contributed by atoms with van der Waals surface area (Å²) in [7, 11) is 3.92. The highest BCUT2D eigenvalue weighted by Crippen LogP contribution is 2.20. The van der Waals surface area contributed by atoms with E-state index in [1.807, 2.05) is 43.3 Å². The van der Waals surface area contributed by atoms with Crippen LogP contribution in [0.3, 0.4) is 0 Å². The van der Waals surface area contributed by atoms with Gasteiger partial charge in [0, 0.05) is 25.9 Å². The maximum Gasteiger partial charge on any atom is 0.328 e. The first-order valence-electron chi connectivity index (χ1n) is 6.02. The molecule has 2 N–H and O–H groups in total. The van der Waals surface area contributed by atoms with Gasteiger partial charge in [0.2, 0.25) is 0 Å². The Balaban J connectivity index is 2.53. The van der Waals surface area contributed by atoms with E-state index in [1.54, 1.807) is 12.2 Å². The summed E-state index contributed by atoms with van der Waals surface area (Å²) in [6, 6.07) is 7.68. The van der Waals surface area contributed by atoms with E-state index in [0.717, 1.165) is 17.3 Å². The lowest BCUT2D eigenvalue weighted by Crippen LogP contribution is -2.08. The smallest absolute Gasteiger partial charge is 0.328 e. The van der Waals surface area contributed by atoms with Gasteiger partial charge in [-0.05, 0) is 24.1 Å². The molecule has 0 fully saturated rings. The van der Waals surface area contributed by atoms with Crippen LogP contribution in [-0.2, 0) is 4.79 Å². The third kappa shape index (κ3) is 5.40. The van der Waals surface area contributed by atoms with Crippen LogP contribution in [-0.4, -0.2) is 30.3 Å². The molecule has 0 aliphatic carbocycles. The summed E-state index contributed by atoms with van der Waals surface area (Å²) in [5.41, 5.74) is 1.92. The van der Waals surface area contributed by atoms with Gasteiger partial charge in [-0.25, -0.2) is 4.79 Å². The van der Waals surface area contributed by atoms with E-state index >= 15 is 0 Å². The summed E-state index contributed by atoms with van der Waals surface area (Å²) in [4.78, 5) is 12.2. The van der Waals surface area contributed by atoms with E-state index in [4.69, 9.17) is 5.11 Å². The standard InChI is InChI=1S/C15H19NO3/c1-16(2)13-10-8-12(9-11-13)14(17)6-4-3-5-7-15(18)19/h3-5,7-11,14,17H,6H2,1-2H3,(H,18,19)/b4-3+,7-5+. The molecule has 1 unspecified atom stereocenters. The molecule has 1 aromatic carbocycles. The number of allylic oxidation sites excluding steroid dienone is 2. The zero-order valence-electron chi connectivity index (χ0n) is 11.2. The maximum atomic E-state index is 10.2. The predicted molar refractivity (Wildman–Crippen MR) is 76.3 cm³/mol. The SMILES string of the molecule is CN(C)c1ccc(C(O)C/C=C/C=C/C(=O)O)cc1. The van der Waals surface area contributed by atoms with Crippen LogP contribution in [0.1, 0.15) is 18.1 Å². The molecule has 0 aliphatic heterocycles. The molecule has 0 bridgehead atoms. The van der Waals surface area contributed by atoms with Gasteiger partial charge in [-0.3, -0.25) is 0 Å². The van der Waals surface area contributed by atoms with Crippen LogP contribution in [0.5, 0.6) is 0 Å². The minimum atomic E-state index is -0.982. The molecule has 1 rings (SSSR count). The Kier molecular flexibility index (Phi) is 5.82. The molecule has 1 aromatic rings. The molecule has 4 nitrogen and oxygen atoms in total. The first kappa shape index (κ1) is 15.0. The van der Waals surface area contributed by atoms with Gasteiger partial charge in [-0.1, -0.05) is 30.4 Å². The third-order valence-electron chi connectivity index (χ3n) is 2.64. The van der Waals surface area contributed by atoms with Crippen LogP contribution in [0.15, 0.2) is 48.6 Å². The summed E-state index contributed by atoms with van der Waals surface area (Å²) < 4.78 is 0. The zero-order chi connectivity index (χ0) is 14.3. The molecule has 0 spiro atoms. The predicted octanol–water partition coefficient (Wildman–Crippen LogP) is 2.37. The van der Waals surface area contributed by atoms with Crippen LogP contribution in [0, 0.1) is 0 Å². The van der Waals surface area contributed by atoms with Crippen molar-refractivity contribution in [3.63, 3.8) is 0 Å².